The van der Waals surface area contributed by atoms with E-state index in [2.05, 4.69) is 75.4 Å². The Morgan fingerprint density at radius 3 is 2.59 bits per heavy atom. The van der Waals surface area contributed by atoms with Gasteiger partial charge in [-0.2, -0.15) is 0 Å². The van der Waals surface area contributed by atoms with Crippen molar-refractivity contribution in [2.75, 3.05) is 0 Å². The molecule has 128 valence electrons. The van der Waals surface area contributed by atoms with Crippen LogP contribution in [-0.2, 0) is 0 Å². The van der Waals surface area contributed by atoms with Crippen LogP contribution in [0, 0.1) is 17.8 Å². The molecule has 0 saturated heterocycles. The summed E-state index contributed by atoms with van der Waals surface area (Å²) < 4.78 is 0.308. The molecule has 0 aromatic carbocycles. The van der Waals surface area contributed by atoms with Crippen molar-refractivity contribution in [1.29, 1.82) is 0 Å². The van der Waals surface area contributed by atoms with Crippen molar-refractivity contribution in [3.05, 3.63) is 23.8 Å². The molecule has 0 nitrogen and oxygen atoms in total. The zero-order chi connectivity index (χ0) is 16.6. The third-order valence-corrected chi connectivity index (χ3v) is 6.09. The first-order chi connectivity index (χ1) is 10.3. The summed E-state index contributed by atoms with van der Waals surface area (Å²) in [6, 6.07) is 0. The van der Waals surface area contributed by atoms with Gasteiger partial charge in [0.15, 0.2) is 0 Å². The number of alkyl halides is 1. The van der Waals surface area contributed by atoms with Crippen molar-refractivity contribution in [2.45, 2.75) is 89.4 Å². The molecule has 1 fully saturated rings. The summed E-state index contributed by atoms with van der Waals surface area (Å²) in [6.45, 7) is 11.5. The van der Waals surface area contributed by atoms with Gasteiger partial charge in [-0.15, -0.1) is 0 Å². The van der Waals surface area contributed by atoms with E-state index in [0.29, 0.717) is 3.42 Å². The Labute approximate surface area is 153 Å². The number of unbranched alkanes of at least 4 members (excludes halogenated alkanes) is 1. The van der Waals surface area contributed by atoms with E-state index in [-0.39, 0.29) is 0 Å². The molecular weight excluding hydrogens is 379 g/mol. The summed E-state index contributed by atoms with van der Waals surface area (Å²) in [7, 11) is 0. The van der Waals surface area contributed by atoms with E-state index in [1.165, 1.54) is 56.9 Å². The quantitative estimate of drug-likeness (QED) is 0.216. The highest BCUT2D eigenvalue weighted by Gasteiger charge is 2.26. The number of rotatable bonds is 8. The van der Waals surface area contributed by atoms with E-state index < -0.39 is 0 Å². The number of hydrogen-bond acceptors (Lipinski definition) is 0. The lowest BCUT2D eigenvalue weighted by Gasteiger charge is -2.33. The van der Waals surface area contributed by atoms with E-state index in [1.807, 2.05) is 0 Å². The molecule has 0 aromatic rings. The van der Waals surface area contributed by atoms with Gasteiger partial charge in [0.05, 0.1) is 0 Å². The molecule has 1 heteroatoms. The van der Waals surface area contributed by atoms with Crippen LogP contribution in [0.15, 0.2) is 23.8 Å². The van der Waals surface area contributed by atoms with Crippen LogP contribution in [0.2, 0.25) is 0 Å². The van der Waals surface area contributed by atoms with Crippen molar-refractivity contribution in [2.24, 2.45) is 17.8 Å². The second kappa shape index (κ2) is 10.2. The van der Waals surface area contributed by atoms with Crippen LogP contribution in [0.1, 0.15) is 86.0 Å². The highest BCUT2D eigenvalue weighted by Crippen LogP contribution is 2.38. The Hall–Kier alpha value is 0.210. The molecule has 0 radical (unpaired) electrons. The van der Waals surface area contributed by atoms with Crippen LogP contribution < -0.4 is 0 Å². The molecule has 0 spiro atoms. The Morgan fingerprint density at radius 1 is 1.27 bits per heavy atom. The fourth-order valence-electron chi connectivity index (χ4n) is 3.62. The average Bonchev–Trinajstić information content (AvgIpc) is 2.43. The summed E-state index contributed by atoms with van der Waals surface area (Å²) in [6.07, 6.45) is 18.4. The molecule has 4 unspecified atom stereocenters. The van der Waals surface area contributed by atoms with Gasteiger partial charge in [-0.25, -0.2) is 0 Å². The van der Waals surface area contributed by atoms with E-state index >= 15 is 0 Å². The first-order valence-corrected chi connectivity index (χ1v) is 10.4. The zero-order valence-electron chi connectivity index (χ0n) is 15.5. The Bertz CT molecular complexity index is 360. The normalized spacial score (nSPS) is 28.5. The molecule has 1 rings (SSSR count). The van der Waals surface area contributed by atoms with Gasteiger partial charge in [-0.1, -0.05) is 79.5 Å². The van der Waals surface area contributed by atoms with E-state index in [0.717, 1.165) is 17.8 Å². The second-order valence-electron chi connectivity index (χ2n) is 7.92. The van der Waals surface area contributed by atoms with Crippen molar-refractivity contribution >= 4 is 22.6 Å². The summed E-state index contributed by atoms with van der Waals surface area (Å²) in [4.78, 5) is 0. The monoisotopic (exact) mass is 416 g/mol. The number of allylic oxidation sites excluding steroid dienone is 4. The molecule has 0 aliphatic heterocycles. The second-order valence-corrected chi connectivity index (χ2v) is 10.4. The minimum Gasteiger partial charge on any atom is -0.0858 e. The lowest BCUT2D eigenvalue weighted by molar-refractivity contribution is 0.216. The van der Waals surface area contributed by atoms with Gasteiger partial charge >= 0.3 is 0 Å². The molecule has 0 N–H and O–H groups in total. The number of hydrogen-bond donors (Lipinski definition) is 0. The molecule has 4 atom stereocenters. The lowest BCUT2D eigenvalue weighted by Crippen LogP contribution is -2.22. The lowest BCUT2D eigenvalue weighted by atomic mass is 9.73. The summed E-state index contributed by atoms with van der Waals surface area (Å²) in [5.41, 5.74) is 1.44. The van der Waals surface area contributed by atoms with Gasteiger partial charge in [0.1, 0.15) is 0 Å². The molecule has 1 saturated carbocycles. The maximum Gasteiger partial charge on any atom is 0.0375 e. The van der Waals surface area contributed by atoms with Crippen molar-refractivity contribution in [3.63, 3.8) is 0 Å². The van der Waals surface area contributed by atoms with Gasteiger partial charge in [0, 0.05) is 3.42 Å². The largest absolute Gasteiger partial charge is 0.0858 e. The van der Waals surface area contributed by atoms with Crippen LogP contribution in [0.25, 0.3) is 0 Å². The van der Waals surface area contributed by atoms with Gasteiger partial charge in [0.2, 0.25) is 0 Å². The summed E-state index contributed by atoms with van der Waals surface area (Å²) >= 11 is 2.63. The fourth-order valence-corrected chi connectivity index (χ4v) is 4.14. The molecule has 0 amide bonds. The third-order valence-electron chi connectivity index (χ3n) is 5.19. The molecule has 1 aliphatic rings. The molecule has 1 aliphatic carbocycles. The Morgan fingerprint density at radius 2 is 2.00 bits per heavy atom. The molecule has 0 bridgehead atoms. The fraction of sp³-hybridized carbons (Fsp3) is 0.810. The first-order valence-electron chi connectivity index (χ1n) is 9.35. The number of halogens is 1. The summed E-state index contributed by atoms with van der Waals surface area (Å²) in [5.74, 6) is 2.69. The van der Waals surface area contributed by atoms with Gasteiger partial charge in [0.25, 0.3) is 0 Å². The van der Waals surface area contributed by atoms with Crippen molar-refractivity contribution in [1.82, 2.24) is 0 Å². The standard InChI is InChI=1S/C21H37I/c1-6-7-10-19-11-12-20(18(4)16-19)13-15-21(5,22)14-8-9-17(2)3/h9,13,15,18-20H,6-8,10-12,14,16H2,1-5H3/b15-13-. The zero-order valence-corrected chi connectivity index (χ0v) is 17.7. The summed E-state index contributed by atoms with van der Waals surface area (Å²) in [5, 5.41) is 0. The van der Waals surface area contributed by atoms with Gasteiger partial charge in [-0.3, -0.25) is 0 Å². The highest BCUT2D eigenvalue weighted by atomic mass is 127. The van der Waals surface area contributed by atoms with Crippen LogP contribution in [0.5, 0.6) is 0 Å². The smallest absolute Gasteiger partial charge is 0.0375 e. The topological polar surface area (TPSA) is 0 Å². The molecule has 22 heavy (non-hydrogen) atoms. The van der Waals surface area contributed by atoms with Crippen LogP contribution in [0.3, 0.4) is 0 Å². The van der Waals surface area contributed by atoms with Crippen LogP contribution in [-0.4, -0.2) is 3.42 Å². The molecule has 0 heterocycles. The van der Waals surface area contributed by atoms with Crippen molar-refractivity contribution < 1.29 is 0 Å². The molecule has 0 aromatic heterocycles. The Kier molecular flexibility index (Phi) is 9.35. The predicted octanol–water partition coefficient (Wildman–Crippen LogP) is 7.73. The van der Waals surface area contributed by atoms with Gasteiger partial charge in [-0.05, 0) is 70.6 Å². The minimum atomic E-state index is 0.308. The SMILES string of the molecule is CCCCC1CCC(/C=C\C(C)(I)CCC=C(C)C)C(C)C1. The average molecular weight is 416 g/mol. The minimum absolute atomic E-state index is 0.308. The van der Waals surface area contributed by atoms with Crippen molar-refractivity contribution in [3.8, 4) is 0 Å². The van der Waals surface area contributed by atoms with Crippen LogP contribution >= 0.6 is 22.6 Å². The van der Waals surface area contributed by atoms with Crippen LogP contribution in [0.4, 0.5) is 0 Å². The van der Waals surface area contributed by atoms with E-state index in [4.69, 9.17) is 0 Å². The van der Waals surface area contributed by atoms with E-state index in [9.17, 15) is 0 Å². The van der Waals surface area contributed by atoms with E-state index in [1.54, 1.807) is 0 Å². The van der Waals surface area contributed by atoms with Gasteiger partial charge < -0.3 is 0 Å². The maximum absolute atomic E-state index is 2.63. The third kappa shape index (κ3) is 8.17. The highest BCUT2D eigenvalue weighted by molar-refractivity contribution is 14.1. The maximum atomic E-state index is 2.63. The predicted molar refractivity (Wildman–Crippen MR) is 110 cm³/mol. The molecular formula is C21H37I. The Balaban J connectivity index is 2.43. The first kappa shape index (κ1) is 20.3.